The van der Waals surface area contributed by atoms with Crippen LogP contribution >= 0.6 is 0 Å². The predicted octanol–water partition coefficient (Wildman–Crippen LogP) is 2.78. The number of alkyl halides is 2. The van der Waals surface area contributed by atoms with E-state index in [0.29, 0.717) is 0 Å². The molecule has 2 aromatic heterocycles. The number of hydrogen-bond acceptors (Lipinski definition) is 6. The zero-order valence-electron chi connectivity index (χ0n) is 15.9. The van der Waals surface area contributed by atoms with Gasteiger partial charge in [0, 0.05) is 25.0 Å². The average molecular weight is 430 g/mol. The van der Waals surface area contributed by atoms with Gasteiger partial charge in [-0.05, 0) is 29.8 Å². The molecule has 4 rings (SSSR count). The molecule has 0 saturated heterocycles. The van der Waals surface area contributed by atoms with Gasteiger partial charge in [-0.3, -0.25) is 19.7 Å². The van der Waals surface area contributed by atoms with E-state index in [1.807, 2.05) is 0 Å². The number of likely N-dealkylation sites (N-methyl/N-ethyl adjacent to an activating group) is 1. The summed E-state index contributed by atoms with van der Waals surface area (Å²) in [6.45, 7) is 0. The van der Waals surface area contributed by atoms with Crippen molar-refractivity contribution in [3.05, 3.63) is 77.5 Å². The van der Waals surface area contributed by atoms with Gasteiger partial charge in [0.25, 0.3) is 12.3 Å². The van der Waals surface area contributed by atoms with Crippen LogP contribution in [0.1, 0.15) is 23.4 Å². The van der Waals surface area contributed by atoms with E-state index in [2.05, 4.69) is 19.9 Å². The summed E-state index contributed by atoms with van der Waals surface area (Å²) in [5.74, 6) is -3.51. The molecular weight excluding hydrogens is 416 g/mol. The van der Waals surface area contributed by atoms with Gasteiger partial charge in [-0.25, -0.2) is 27.5 Å². The van der Waals surface area contributed by atoms with Gasteiger partial charge in [-0.2, -0.15) is 0 Å². The summed E-state index contributed by atoms with van der Waals surface area (Å²) in [5.41, 5.74) is 2.48. The first-order valence-electron chi connectivity index (χ1n) is 8.90. The van der Waals surface area contributed by atoms with Crippen LogP contribution in [0.5, 0.6) is 0 Å². The summed E-state index contributed by atoms with van der Waals surface area (Å²) in [6.07, 6.45) is 0.925. The number of aromatic nitrogens is 3. The molecule has 0 bridgehead atoms. The van der Waals surface area contributed by atoms with Crippen molar-refractivity contribution in [2.45, 2.75) is 12.0 Å². The second kappa shape index (κ2) is 7.42. The lowest BCUT2D eigenvalue weighted by atomic mass is 9.84. The van der Waals surface area contributed by atoms with Gasteiger partial charge in [0.15, 0.2) is 17.6 Å². The number of guanidine groups is 1. The van der Waals surface area contributed by atoms with Crippen molar-refractivity contribution in [1.29, 1.82) is 0 Å². The number of aliphatic imine (C=N–C) groups is 1. The van der Waals surface area contributed by atoms with Crippen molar-refractivity contribution in [3.8, 4) is 11.3 Å². The van der Waals surface area contributed by atoms with E-state index in [4.69, 9.17) is 5.73 Å². The Kier molecular flexibility index (Phi) is 4.88. The maximum Gasteiger partial charge on any atom is 0.280 e. The van der Waals surface area contributed by atoms with Crippen LogP contribution in [0.4, 0.5) is 17.6 Å². The van der Waals surface area contributed by atoms with Crippen LogP contribution in [0.2, 0.25) is 0 Å². The molecule has 0 aliphatic carbocycles. The minimum atomic E-state index is -2.92. The number of rotatable bonds is 4. The summed E-state index contributed by atoms with van der Waals surface area (Å²) in [7, 11) is 1.32. The van der Waals surface area contributed by atoms with E-state index in [-0.39, 0.29) is 28.5 Å². The minimum absolute atomic E-state index is 0.000873. The van der Waals surface area contributed by atoms with E-state index in [1.165, 1.54) is 37.8 Å². The first kappa shape index (κ1) is 20.4. The van der Waals surface area contributed by atoms with Crippen molar-refractivity contribution >= 4 is 11.9 Å². The second-order valence-corrected chi connectivity index (χ2v) is 6.70. The quantitative estimate of drug-likeness (QED) is 0.642. The van der Waals surface area contributed by atoms with Gasteiger partial charge in [-0.15, -0.1) is 0 Å². The van der Waals surface area contributed by atoms with Crippen molar-refractivity contribution in [2.24, 2.45) is 10.7 Å². The molecule has 11 heteroatoms. The topological polar surface area (TPSA) is 97.4 Å². The summed E-state index contributed by atoms with van der Waals surface area (Å²) in [4.78, 5) is 30.0. The third-order valence-corrected chi connectivity index (χ3v) is 4.89. The molecule has 1 aliphatic rings. The highest BCUT2D eigenvalue weighted by molar-refractivity contribution is 6.08. The molecule has 1 aliphatic heterocycles. The lowest BCUT2D eigenvalue weighted by molar-refractivity contribution is -0.129. The highest BCUT2D eigenvalue weighted by Gasteiger charge is 2.51. The number of carbonyl (C=O) groups is 1. The van der Waals surface area contributed by atoms with Crippen LogP contribution in [-0.2, 0) is 10.3 Å². The average Bonchev–Trinajstić information content (AvgIpc) is 3.01. The fourth-order valence-corrected chi connectivity index (χ4v) is 3.34. The van der Waals surface area contributed by atoms with Crippen molar-refractivity contribution < 1.29 is 22.4 Å². The van der Waals surface area contributed by atoms with Gasteiger partial charge >= 0.3 is 0 Å². The fraction of sp³-hybridized carbons (Fsp3) is 0.150. The Balaban J connectivity index is 2.02. The zero-order chi connectivity index (χ0) is 22.3. The number of benzene rings is 1. The number of halogens is 4. The van der Waals surface area contributed by atoms with Crippen LogP contribution in [0.15, 0.2) is 53.9 Å². The highest BCUT2D eigenvalue weighted by atomic mass is 19.3. The Morgan fingerprint density at radius 1 is 1.16 bits per heavy atom. The molecule has 31 heavy (non-hydrogen) atoms. The molecule has 1 amide bonds. The summed E-state index contributed by atoms with van der Waals surface area (Å²) >= 11 is 0. The summed E-state index contributed by atoms with van der Waals surface area (Å²) in [5, 5.41) is 0. The molecule has 0 fully saturated rings. The minimum Gasteiger partial charge on any atom is -0.369 e. The molecule has 7 nitrogen and oxygen atoms in total. The molecule has 158 valence electrons. The number of hydrogen-bond donors (Lipinski definition) is 1. The molecule has 0 spiro atoms. The summed E-state index contributed by atoms with van der Waals surface area (Å²) in [6, 6.07) is 5.57. The standard InChI is InChI=1S/C20H14F4N6O/c1-30-18(31)20(29-19(30)25,15-4-2-3-13(28-15)17(23)24)10-7-11(16(22)12(21)8-10)14-9-26-5-6-27-14/h2-9,17H,1H3,(H2,25,29). The van der Waals surface area contributed by atoms with E-state index in [1.54, 1.807) is 0 Å². The van der Waals surface area contributed by atoms with E-state index in [0.717, 1.165) is 23.1 Å². The molecule has 3 aromatic rings. The zero-order valence-corrected chi connectivity index (χ0v) is 15.9. The number of pyridine rings is 1. The monoisotopic (exact) mass is 430 g/mol. The Morgan fingerprint density at radius 3 is 2.55 bits per heavy atom. The maximum atomic E-state index is 14.6. The first-order valence-corrected chi connectivity index (χ1v) is 8.90. The SMILES string of the molecule is CN1C(=O)C(c2cc(F)c(F)c(-c3cnccn3)c2)(c2cccc(C(F)F)n2)N=C1N. The van der Waals surface area contributed by atoms with Gasteiger partial charge in [0.2, 0.25) is 5.54 Å². The second-order valence-electron chi connectivity index (χ2n) is 6.70. The van der Waals surface area contributed by atoms with Gasteiger partial charge in [0.1, 0.15) is 5.69 Å². The van der Waals surface area contributed by atoms with Crippen LogP contribution in [0.25, 0.3) is 11.3 Å². The van der Waals surface area contributed by atoms with Gasteiger partial charge in [0.05, 0.1) is 17.6 Å². The largest absolute Gasteiger partial charge is 0.369 e. The van der Waals surface area contributed by atoms with Gasteiger partial charge in [-0.1, -0.05) is 6.07 Å². The normalized spacial score (nSPS) is 18.6. The predicted molar refractivity (Wildman–Crippen MR) is 102 cm³/mol. The molecular formula is C20H14F4N6O. The van der Waals surface area contributed by atoms with E-state index >= 15 is 0 Å². The Labute approximate surface area is 173 Å². The van der Waals surface area contributed by atoms with Crippen LogP contribution in [0, 0.1) is 11.6 Å². The van der Waals surface area contributed by atoms with Crippen molar-refractivity contribution in [1.82, 2.24) is 19.9 Å². The highest BCUT2D eigenvalue weighted by Crippen LogP contribution is 2.41. The third-order valence-electron chi connectivity index (χ3n) is 4.89. The Hall–Kier alpha value is -3.89. The number of nitrogens with two attached hydrogens (primary N) is 1. The van der Waals surface area contributed by atoms with Crippen molar-refractivity contribution in [2.75, 3.05) is 7.05 Å². The number of amides is 1. The lowest BCUT2D eigenvalue weighted by Gasteiger charge is -2.26. The Morgan fingerprint density at radius 2 is 1.94 bits per heavy atom. The third kappa shape index (κ3) is 3.18. The summed E-state index contributed by atoms with van der Waals surface area (Å²) < 4.78 is 55.8. The molecule has 3 heterocycles. The molecule has 2 N–H and O–H groups in total. The molecule has 1 atom stereocenters. The van der Waals surface area contributed by atoms with Gasteiger partial charge < -0.3 is 5.73 Å². The Bertz CT molecular complexity index is 1200. The van der Waals surface area contributed by atoms with E-state index in [9.17, 15) is 22.4 Å². The van der Waals surface area contributed by atoms with E-state index < -0.39 is 35.2 Å². The molecule has 1 unspecified atom stereocenters. The molecule has 0 saturated carbocycles. The fourth-order valence-electron chi connectivity index (χ4n) is 3.34. The van der Waals surface area contributed by atoms with Crippen molar-refractivity contribution in [3.63, 3.8) is 0 Å². The number of nitrogens with zero attached hydrogens (tertiary/aromatic N) is 5. The smallest absolute Gasteiger partial charge is 0.280 e. The molecule has 1 aromatic carbocycles. The van der Waals surface area contributed by atoms with Crippen LogP contribution < -0.4 is 5.73 Å². The molecule has 0 radical (unpaired) electrons. The van der Waals surface area contributed by atoms with Crippen LogP contribution in [0.3, 0.4) is 0 Å². The number of carbonyl (C=O) groups excluding carboxylic acids is 1. The lowest BCUT2D eigenvalue weighted by Crippen LogP contribution is -2.41. The van der Waals surface area contributed by atoms with Crippen LogP contribution in [-0.4, -0.2) is 38.8 Å². The first-order chi connectivity index (χ1) is 14.8. The maximum absolute atomic E-state index is 14.6.